The van der Waals surface area contributed by atoms with E-state index in [1.54, 1.807) is 6.08 Å². The third kappa shape index (κ3) is 2.86. The fourth-order valence-electron chi connectivity index (χ4n) is 1.52. The summed E-state index contributed by atoms with van der Waals surface area (Å²) < 4.78 is 4.49. The van der Waals surface area contributed by atoms with Crippen molar-refractivity contribution in [3.05, 3.63) is 11.6 Å². The molecule has 1 aliphatic heterocycles. The van der Waals surface area contributed by atoms with Crippen LogP contribution in [0.5, 0.6) is 0 Å². The normalized spacial score (nSPS) is 22.6. The third-order valence-corrected chi connectivity index (χ3v) is 2.26. The van der Waals surface area contributed by atoms with Crippen LogP contribution in [-0.2, 0) is 9.53 Å². The highest BCUT2D eigenvalue weighted by molar-refractivity contribution is 5.92. The molecule has 1 rings (SSSR count). The zero-order chi connectivity index (χ0) is 10.4. The van der Waals surface area contributed by atoms with Crippen molar-refractivity contribution in [3.63, 3.8) is 0 Å². The summed E-state index contributed by atoms with van der Waals surface area (Å²) >= 11 is 0. The zero-order valence-electron chi connectivity index (χ0n) is 8.25. The van der Waals surface area contributed by atoms with Gasteiger partial charge in [0.05, 0.1) is 7.11 Å². The standard InChI is InChI=1S/C10H14N2O2/c1-14-10(13)9(6-11)5-8-3-2-4-12-7-8/h5,8,12H,2-4,7H2,1H3/b9-5-. The first-order chi connectivity index (χ1) is 6.77. The van der Waals surface area contributed by atoms with Gasteiger partial charge in [0.15, 0.2) is 0 Å². The average molecular weight is 194 g/mol. The molecule has 0 saturated carbocycles. The molecule has 4 heteroatoms. The fraction of sp³-hybridized carbons (Fsp3) is 0.600. The van der Waals surface area contributed by atoms with Crippen molar-refractivity contribution >= 4 is 5.97 Å². The van der Waals surface area contributed by atoms with E-state index < -0.39 is 5.97 Å². The van der Waals surface area contributed by atoms with Gasteiger partial charge in [-0.2, -0.15) is 5.26 Å². The maximum atomic E-state index is 11.1. The molecule has 0 spiro atoms. The summed E-state index contributed by atoms with van der Waals surface area (Å²) in [5.74, 6) is -0.268. The van der Waals surface area contributed by atoms with Crippen LogP contribution in [0.25, 0.3) is 0 Å². The van der Waals surface area contributed by atoms with Crippen molar-refractivity contribution in [2.45, 2.75) is 12.8 Å². The maximum absolute atomic E-state index is 11.1. The van der Waals surface area contributed by atoms with Gasteiger partial charge in [-0.1, -0.05) is 6.08 Å². The Kier molecular flexibility index (Phi) is 4.14. The van der Waals surface area contributed by atoms with Gasteiger partial charge in [-0.3, -0.25) is 0 Å². The van der Waals surface area contributed by atoms with Crippen LogP contribution in [0.3, 0.4) is 0 Å². The molecule has 0 radical (unpaired) electrons. The zero-order valence-corrected chi connectivity index (χ0v) is 8.25. The van der Waals surface area contributed by atoms with Crippen molar-refractivity contribution in [2.75, 3.05) is 20.2 Å². The molecule has 0 amide bonds. The Bertz CT molecular complexity index is 272. The summed E-state index contributed by atoms with van der Waals surface area (Å²) in [6.45, 7) is 1.85. The van der Waals surface area contributed by atoms with Gasteiger partial charge in [-0.05, 0) is 25.3 Å². The van der Waals surface area contributed by atoms with Crippen molar-refractivity contribution in [1.29, 1.82) is 5.26 Å². The second kappa shape index (κ2) is 5.40. The number of esters is 1. The lowest BCUT2D eigenvalue weighted by Crippen LogP contribution is -2.29. The van der Waals surface area contributed by atoms with Gasteiger partial charge in [0, 0.05) is 6.54 Å². The molecule has 1 atom stereocenters. The van der Waals surface area contributed by atoms with E-state index in [1.165, 1.54) is 7.11 Å². The molecule has 1 heterocycles. The third-order valence-electron chi connectivity index (χ3n) is 2.26. The topological polar surface area (TPSA) is 62.1 Å². The van der Waals surface area contributed by atoms with E-state index in [0.29, 0.717) is 0 Å². The predicted molar refractivity (Wildman–Crippen MR) is 51.3 cm³/mol. The van der Waals surface area contributed by atoms with E-state index in [2.05, 4.69) is 10.1 Å². The number of carbonyl (C=O) groups excluding carboxylic acids is 1. The Morgan fingerprint density at radius 2 is 2.50 bits per heavy atom. The lowest BCUT2D eigenvalue weighted by molar-refractivity contribution is -0.135. The Morgan fingerprint density at radius 1 is 1.71 bits per heavy atom. The van der Waals surface area contributed by atoms with Crippen molar-refractivity contribution in [1.82, 2.24) is 5.32 Å². The Balaban J connectivity index is 2.63. The molecule has 1 saturated heterocycles. The predicted octanol–water partition coefficient (Wildman–Crippen LogP) is 0.609. The monoisotopic (exact) mass is 194 g/mol. The van der Waals surface area contributed by atoms with Gasteiger partial charge in [-0.15, -0.1) is 0 Å². The molecule has 1 aliphatic rings. The lowest BCUT2D eigenvalue weighted by Gasteiger charge is -2.19. The SMILES string of the molecule is COC(=O)/C(C#N)=C\C1CCCNC1. The summed E-state index contributed by atoms with van der Waals surface area (Å²) in [4.78, 5) is 11.1. The Morgan fingerprint density at radius 3 is 3.00 bits per heavy atom. The van der Waals surface area contributed by atoms with Crippen LogP contribution in [-0.4, -0.2) is 26.2 Å². The summed E-state index contributed by atoms with van der Waals surface area (Å²) in [6, 6.07) is 1.86. The van der Waals surface area contributed by atoms with E-state index in [9.17, 15) is 4.79 Å². The molecular weight excluding hydrogens is 180 g/mol. The molecule has 0 aromatic heterocycles. The Labute approximate surface area is 83.5 Å². The number of nitrogens with one attached hydrogen (secondary N) is 1. The largest absolute Gasteiger partial charge is 0.465 e. The molecular formula is C10H14N2O2. The van der Waals surface area contributed by atoms with Crippen LogP contribution < -0.4 is 5.32 Å². The number of rotatable bonds is 2. The fourth-order valence-corrected chi connectivity index (χ4v) is 1.52. The van der Waals surface area contributed by atoms with E-state index >= 15 is 0 Å². The second-order valence-corrected chi connectivity index (χ2v) is 3.29. The van der Waals surface area contributed by atoms with Crippen LogP contribution in [0.2, 0.25) is 0 Å². The molecule has 1 fully saturated rings. The van der Waals surface area contributed by atoms with Crippen molar-refractivity contribution < 1.29 is 9.53 Å². The number of carbonyl (C=O) groups is 1. The number of ether oxygens (including phenoxy) is 1. The van der Waals surface area contributed by atoms with Crippen LogP contribution in [0.4, 0.5) is 0 Å². The molecule has 1 N–H and O–H groups in total. The van der Waals surface area contributed by atoms with E-state index in [1.807, 2.05) is 6.07 Å². The summed E-state index contributed by atoms with van der Waals surface area (Å²) in [7, 11) is 1.28. The first-order valence-corrected chi connectivity index (χ1v) is 4.69. The van der Waals surface area contributed by atoms with Crippen LogP contribution >= 0.6 is 0 Å². The van der Waals surface area contributed by atoms with Gasteiger partial charge in [-0.25, -0.2) is 4.79 Å². The molecule has 0 aromatic carbocycles. The molecule has 14 heavy (non-hydrogen) atoms. The minimum Gasteiger partial charge on any atom is -0.465 e. The minimum absolute atomic E-state index is 0.112. The smallest absolute Gasteiger partial charge is 0.348 e. The van der Waals surface area contributed by atoms with Crippen LogP contribution in [0, 0.1) is 17.2 Å². The first-order valence-electron chi connectivity index (χ1n) is 4.69. The van der Waals surface area contributed by atoms with Gasteiger partial charge in [0.2, 0.25) is 0 Å². The maximum Gasteiger partial charge on any atom is 0.348 e. The summed E-state index contributed by atoms with van der Waals surface area (Å²) in [5.41, 5.74) is 0.112. The van der Waals surface area contributed by atoms with E-state index in [-0.39, 0.29) is 11.5 Å². The van der Waals surface area contributed by atoms with E-state index in [0.717, 1.165) is 25.9 Å². The second-order valence-electron chi connectivity index (χ2n) is 3.29. The number of piperidine rings is 1. The molecule has 4 nitrogen and oxygen atoms in total. The highest BCUT2D eigenvalue weighted by atomic mass is 16.5. The summed E-state index contributed by atoms with van der Waals surface area (Å²) in [5, 5.41) is 11.9. The van der Waals surface area contributed by atoms with E-state index in [4.69, 9.17) is 5.26 Å². The van der Waals surface area contributed by atoms with Gasteiger partial charge < -0.3 is 10.1 Å². The number of nitrogens with zero attached hydrogens (tertiary/aromatic N) is 1. The van der Waals surface area contributed by atoms with Gasteiger partial charge >= 0.3 is 5.97 Å². The molecule has 76 valence electrons. The number of methoxy groups -OCH3 is 1. The highest BCUT2D eigenvalue weighted by Crippen LogP contribution is 2.13. The molecule has 0 aliphatic carbocycles. The number of hydrogen-bond donors (Lipinski definition) is 1. The molecule has 0 aromatic rings. The van der Waals surface area contributed by atoms with Crippen molar-refractivity contribution in [3.8, 4) is 6.07 Å². The lowest BCUT2D eigenvalue weighted by atomic mass is 9.97. The Hall–Kier alpha value is -1.34. The first kappa shape index (κ1) is 10.7. The van der Waals surface area contributed by atoms with Crippen molar-refractivity contribution in [2.24, 2.45) is 5.92 Å². The van der Waals surface area contributed by atoms with Crippen LogP contribution in [0.1, 0.15) is 12.8 Å². The quantitative estimate of drug-likeness (QED) is 0.397. The number of hydrogen-bond acceptors (Lipinski definition) is 4. The minimum atomic E-state index is -0.543. The summed E-state index contributed by atoms with van der Waals surface area (Å²) in [6.07, 6.45) is 3.81. The van der Waals surface area contributed by atoms with Gasteiger partial charge in [0.25, 0.3) is 0 Å². The molecule has 1 unspecified atom stereocenters. The highest BCUT2D eigenvalue weighted by Gasteiger charge is 2.15. The van der Waals surface area contributed by atoms with Crippen LogP contribution in [0.15, 0.2) is 11.6 Å². The average Bonchev–Trinajstić information content (AvgIpc) is 2.26. The number of nitriles is 1. The van der Waals surface area contributed by atoms with Gasteiger partial charge in [0.1, 0.15) is 11.6 Å². The molecule has 0 bridgehead atoms.